The van der Waals surface area contributed by atoms with Gasteiger partial charge in [-0.15, -0.1) is 0 Å². The highest BCUT2D eigenvalue weighted by Gasteiger charge is 2.71. The van der Waals surface area contributed by atoms with Crippen molar-refractivity contribution in [3.8, 4) is 0 Å². The molecule has 0 aromatic heterocycles. The number of hydrogen-bond donors (Lipinski definition) is 1. The molecule has 0 saturated carbocycles. The molecule has 0 bridgehead atoms. The van der Waals surface area contributed by atoms with E-state index in [0.717, 1.165) is 0 Å². The number of alkyl halides is 6. The molecular formula is C17H18F6N2O3. The van der Waals surface area contributed by atoms with E-state index in [2.05, 4.69) is 4.99 Å². The molecule has 1 N–H and O–H groups in total. The second-order valence-electron chi connectivity index (χ2n) is 6.18. The number of amidine groups is 1. The zero-order valence-corrected chi connectivity index (χ0v) is 15.2. The summed E-state index contributed by atoms with van der Waals surface area (Å²) in [5.41, 5.74) is -0.737. The lowest BCUT2D eigenvalue weighted by Gasteiger charge is -2.32. The number of aryl methyl sites for hydroxylation is 2. The number of carbonyl (C=O) groups is 1. The Balaban J connectivity index is 2.63. The third-order valence-electron chi connectivity index (χ3n) is 4.35. The van der Waals surface area contributed by atoms with Gasteiger partial charge in [-0.3, -0.25) is 9.69 Å². The Morgan fingerprint density at radius 1 is 1.11 bits per heavy atom. The number of benzene rings is 1. The molecule has 28 heavy (non-hydrogen) atoms. The predicted octanol–water partition coefficient (Wildman–Crippen LogP) is 3.47. The Labute approximate surface area is 156 Å². The zero-order chi connectivity index (χ0) is 21.5. The lowest BCUT2D eigenvalue weighted by atomic mass is 9.92. The fourth-order valence-electron chi connectivity index (χ4n) is 2.85. The molecule has 0 saturated heterocycles. The Hall–Kier alpha value is -2.30. The second-order valence-corrected chi connectivity index (χ2v) is 6.18. The highest BCUT2D eigenvalue weighted by atomic mass is 19.4. The van der Waals surface area contributed by atoms with E-state index < -0.39 is 29.4 Å². The van der Waals surface area contributed by atoms with Crippen LogP contribution in [0.25, 0.3) is 0 Å². The Kier molecular flexibility index (Phi) is 5.71. The molecule has 1 atom stereocenters. The number of aliphatic imine (C=N–C) groups is 1. The number of hydrogen-bond acceptors (Lipinski definition) is 4. The molecule has 1 heterocycles. The normalized spacial score (nSPS) is 17.2. The first-order valence-electron chi connectivity index (χ1n) is 8.28. The van der Waals surface area contributed by atoms with Crippen LogP contribution in [0.5, 0.6) is 0 Å². The average Bonchev–Trinajstić information content (AvgIpc) is 3.05. The van der Waals surface area contributed by atoms with Crippen molar-refractivity contribution >= 4 is 17.6 Å². The molecule has 11 heteroatoms. The largest absolute Gasteiger partial charge is 0.455 e. The maximum Gasteiger partial charge on any atom is 0.455 e. The van der Waals surface area contributed by atoms with Crippen LogP contribution in [0.4, 0.5) is 32.0 Å². The average molecular weight is 412 g/mol. The lowest BCUT2D eigenvalue weighted by molar-refractivity contribution is -0.390. The van der Waals surface area contributed by atoms with Gasteiger partial charge in [-0.2, -0.15) is 31.3 Å². The number of aliphatic hydroxyl groups is 1. The highest BCUT2D eigenvalue weighted by Crippen LogP contribution is 2.50. The van der Waals surface area contributed by atoms with Crippen LogP contribution in [0.3, 0.4) is 0 Å². The van der Waals surface area contributed by atoms with Crippen LogP contribution in [0.15, 0.2) is 17.1 Å². The summed E-state index contributed by atoms with van der Waals surface area (Å²) in [6, 6.07) is 1.29. The first-order chi connectivity index (χ1) is 12.8. The zero-order valence-electron chi connectivity index (χ0n) is 15.2. The SMILES string of the molecule is CCc1cc(C(F)(F)C(O)(F)C(F)(F)F)cc(CC)c1N(C)C1=NC(=O)CO1. The van der Waals surface area contributed by atoms with Crippen LogP contribution < -0.4 is 4.90 Å². The van der Waals surface area contributed by atoms with Gasteiger partial charge < -0.3 is 9.84 Å². The molecule has 1 amide bonds. The van der Waals surface area contributed by atoms with Crippen LogP contribution in [0.2, 0.25) is 0 Å². The van der Waals surface area contributed by atoms with Crippen LogP contribution in [0.1, 0.15) is 30.5 Å². The molecule has 5 nitrogen and oxygen atoms in total. The van der Waals surface area contributed by atoms with E-state index in [9.17, 15) is 31.1 Å². The Bertz CT molecular complexity index is 780. The third kappa shape index (κ3) is 3.54. The molecule has 0 fully saturated rings. The predicted molar refractivity (Wildman–Crippen MR) is 88.0 cm³/mol. The Morgan fingerprint density at radius 3 is 1.96 bits per heavy atom. The highest BCUT2D eigenvalue weighted by molar-refractivity contribution is 6.04. The van der Waals surface area contributed by atoms with Gasteiger partial charge in [0.05, 0.1) is 5.69 Å². The van der Waals surface area contributed by atoms with Crippen LogP contribution in [-0.4, -0.2) is 42.7 Å². The molecule has 2 rings (SSSR count). The summed E-state index contributed by atoms with van der Waals surface area (Å²) >= 11 is 0. The number of rotatable bonds is 5. The molecule has 156 valence electrons. The van der Waals surface area contributed by atoms with E-state index in [1.54, 1.807) is 13.8 Å². The number of nitrogens with zero attached hydrogens (tertiary/aromatic N) is 2. The maximum atomic E-state index is 14.3. The van der Waals surface area contributed by atoms with Gasteiger partial charge in [0.15, 0.2) is 6.61 Å². The summed E-state index contributed by atoms with van der Waals surface area (Å²) in [5.74, 6) is -11.5. The van der Waals surface area contributed by atoms with Gasteiger partial charge in [0, 0.05) is 12.6 Å². The number of carbonyl (C=O) groups excluding carboxylic acids is 1. The van der Waals surface area contributed by atoms with Gasteiger partial charge in [-0.05, 0) is 36.1 Å². The molecule has 0 spiro atoms. The summed E-state index contributed by atoms with van der Waals surface area (Å²) in [7, 11) is 1.45. The fraction of sp³-hybridized carbons (Fsp3) is 0.529. The topological polar surface area (TPSA) is 62.1 Å². The van der Waals surface area contributed by atoms with Crippen molar-refractivity contribution in [2.75, 3.05) is 18.6 Å². The molecule has 1 unspecified atom stereocenters. The quantitative estimate of drug-likeness (QED) is 0.753. The minimum atomic E-state index is -6.20. The van der Waals surface area contributed by atoms with E-state index in [1.165, 1.54) is 11.9 Å². The molecule has 1 aromatic rings. The van der Waals surface area contributed by atoms with Crippen molar-refractivity contribution in [3.05, 3.63) is 28.8 Å². The lowest BCUT2D eigenvalue weighted by Crippen LogP contribution is -2.53. The van der Waals surface area contributed by atoms with Gasteiger partial charge in [0.1, 0.15) is 0 Å². The van der Waals surface area contributed by atoms with Crippen molar-refractivity contribution in [2.45, 2.75) is 44.6 Å². The van der Waals surface area contributed by atoms with E-state index >= 15 is 0 Å². The first kappa shape index (κ1) is 22.0. The van der Waals surface area contributed by atoms with E-state index in [0.29, 0.717) is 17.8 Å². The van der Waals surface area contributed by atoms with Crippen molar-refractivity contribution in [3.63, 3.8) is 0 Å². The number of amides is 1. The minimum absolute atomic E-state index is 0.0915. The summed E-state index contributed by atoms with van der Waals surface area (Å²) < 4.78 is 85.3. The first-order valence-corrected chi connectivity index (χ1v) is 8.28. The molecule has 1 aliphatic rings. The van der Waals surface area contributed by atoms with Crippen LogP contribution in [-0.2, 0) is 28.3 Å². The summed E-state index contributed by atoms with van der Waals surface area (Å²) in [6.07, 6.45) is -6.01. The fourth-order valence-corrected chi connectivity index (χ4v) is 2.85. The van der Waals surface area contributed by atoms with E-state index in [-0.39, 0.29) is 36.6 Å². The second kappa shape index (κ2) is 7.26. The van der Waals surface area contributed by atoms with Gasteiger partial charge in [-0.1, -0.05) is 13.8 Å². The van der Waals surface area contributed by atoms with Gasteiger partial charge in [0.2, 0.25) is 0 Å². The maximum absolute atomic E-state index is 14.3. The standard InChI is InChI=1S/C17H18F6N2O3/c1-4-9-6-11(15(18,19)16(20,27)17(21,22)23)7-10(5-2)13(9)25(3)14-24-12(26)8-28-14/h6-7,27H,4-5,8H2,1-3H3. The monoisotopic (exact) mass is 412 g/mol. The van der Waals surface area contributed by atoms with E-state index in [1.807, 2.05) is 0 Å². The van der Waals surface area contributed by atoms with E-state index in [4.69, 9.17) is 9.84 Å². The van der Waals surface area contributed by atoms with Crippen molar-refractivity contribution < 1.29 is 41.0 Å². The molecule has 0 aliphatic carbocycles. The molecule has 1 aromatic carbocycles. The number of ether oxygens (including phenoxy) is 1. The molecule has 1 aliphatic heterocycles. The van der Waals surface area contributed by atoms with Crippen molar-refractivity contribution in [2.24, 2.45) is 4.99 Å². The number of halogens is 6. The minimum Gasteiger partial charge on any atom is -0.454 e. The molecular weight excluding hydrogens is 394 g/mol. The summed E-state index contributed by atoms with van der Waals surface area (Å²) in [4.78, 5) is 16.2. The summed E-state index contributed by atoms with van der Waals surface area (Å²) in [5, 5.41) is 8.91. The van der Waals surface area contributed by atoms with Crippen molar-refractivity contribution in [1.82, 2.24) is 0 Å². The van der Waals surface area contributed by atoms with Crippen LogP contribution in [0, 0.1) is 0 Å². The van der Waals surface area contributed by atoms with Gasteiger partial charge in [-0.25, -0.2) is 0 Å². The van der Waals surface area contributed by atoms with Crippen LogP contribution >= 0.6 is 0 Å². The Morgan fingerprint density at radius 2 is 1.61 bits per heavy atom. The third-order valence-corrected chi connectivity index (χ3v) is 4.35. The number of anilines is 1. The summed E-state index contributed by atoms with van der Waals surface area (Å²) in [6.45, 7) is 2.82. The van der Waals surface area contributed by atoms with Crippen molar-refractivity contribution in [1.29, 1.82) is 0 Å². The van der Waals surface area contributed by atoms with Gasteiger partial charge in [0.25, 0.3) is 11.9 Å². The smallest absolute Gasteiger partial charge is 0.454 e. The molecule has 0 radical (unpaired) electrons. The van der Waals surface area contributed by atoms with Gasteiger partial charge >= 0.3 is 18.0 Å².